The van der Waals surface area contributed by atoms with E-state index in [0.717, 1.165) is 22.1 Å². The largest absolute Gasteiger partial charge is 0.508 e. The second-order valence-electron chi connectivity index (χ2n) is 14.1. The Morgan fingerprint density at radius 2 is 1.56 bits per heavy atom. The van der Waals surface area contributed by atoms with Crippen molar-refractivity contribution in [3.63, 3.8) is 0 Å². The van der Waals surface area contributed by atoms with Crippen molar-refractivity contribution in [2.24, 2.45) is 5.92 Å². The Kier molecular flexibility index (Phi) is 9.29. The van der Waals surface area contributed by atoms with E-state index < -0.39 is 8.32 Å². The van der Waals surface area contributed by atoms with Crippen molar-refractivity contribution >= 4 is 35.4 Å². The molecule has 1 heterocycles. The molecule has 1 aromatic heterocycles. The van der Waals surface area contributed by atoms with Crippen LogP contribution in [0, 0.1) is 5.92 Å². The van der Waals surface area contributed by atoms with Crippen molar-refractivity contribution in [3.05, 3.63) is 113 Å². The normalized spacial score (nSPS) is 16.7. The maximum absolute atomic E-state index is 14.0. The zero-order valence-corrected chi connectivity index (χ0v) is 30.0. The van der Waals surface area contributed by atoms with Gasteiger partial charge in [0, 0.05) is 29.9 Å². The van der Waals surface area contributed by atoms with Gasteiger partial charge < -0.3 is 23.4 Å². The summed E-state index contributed by atoms with van der Waals surface area (Å²) in [7, 11) is -1.26. The molecule has 0 radical (unpaired) electrons. The van der Waals surface area contributed by atoms with Crippen LogP contribution in [-0.4, -0.2) is 39.0 Å². The fourth-order valence-corrected chi connectivity index (χ4v) is 12.1. The van der Waals surface area contributed by atoms with E-state index in [1.807, 2.05) is 51.1 Å². The van der Waals surface area contributed by atoms with Gasteiger partial charge >= 0.3 is 0 Å². The summed E-state index contributed by atoms with van der Waals surface area (Å²) in [5.74, 6) is 1.28. The van der Waals surface area contributed by atoms with Gasteiger partial charge in [-0.1, -0.05) is 94.4 Å². The van der Waals surface area contributed by atoms with Crippen LogP contribution in [0.25, 0.3) is 11.0 Å². The van der Waals surface area contributed by atoms with Crippen molar-refractivity contribution in [3.8, 4) is 17.2 Å². The number of rotatable bonds is 10. The molecule has 0 saturated carbocycles. The molecule has 0 unspecified atom stereocenters. The number of hydrogen-bond donors (Lipinski definition) is 1. The van der Waals surface area contributed by atoms with E-state index in [-0.39, 0.29) is 40.9 Å². The van der Waals surface area contributed by atoms with Gasteiger partial charge in [-0.2, -0.15) is 0 Å². The summed E-state index contributed by atoms with van der Waals surface area (Å²) in [4.78, 5) is 14.0. The van der Waals surface area contributed by atoms with Crippen molar-refractivity contribution < 1.29 is 28.2 Å². The van der Waals surface area contributed by atoms with Crippen LogP contribution in [0.2, 0.25) is 5.04 Å². The lowest BCUT2D eigenvalue weighted by Crippen LogP contribution is -2.67. The van der Waals surface area contributed by atoms with Crippen LogP contribution in [-0.2, 0) is 10.8 Å². The first-order valence-corrected chi connectivity index (χ1v) is 18.8. The Balaban J connectivity index is 1.53. The molecule has 1 aliphatic carbocycles. The highest BCUT2D eigenvalue weighted by Crippen LogP contribution is 2.49. The molecule has 0 saturated heterocycles. The second kappa shape index (κ2) is 13.3. The van der Waals surface area contributed by atoms with Crippen LogP contribution in [0.5, 0.6) is 17.2 Å². The molecule has 7 heteroatoms. The summed E-state index contributed by atoms with van der Waals surface area (Å²) < 4.78 is 25.7. The van der Waals surface area contributed by atoms with Crippen LogP contribution in [0.4, 0.5) is 0 Å². The van der Waals surface area contributed by atoms with Crippen LogP contribution >= 0.6 is 0 Å². The fraction of sp³-hybridized carbons (Fsp3) is 0.341. The first-order chi connectivity index (χ1) is 23.0. The third-order valence-electron chi connectivity index (χ3n) is 9.63. The number of fused-ring (bicyclic) bond motifs is 3. The first-order valence-electron chi connectivity index (χ1n) is 16.9. The van der Waals surface area contributed by atoms with E-state index in [2.05, 4.69) is 75.4 Å². The number of phenolic OH excluding ortho intramolecular Hbond substituents is 1. The van der Waals surface area contributed by atoms with Crippen molar-refractivity contribution in [2.75, 3.05) is 13.7 Å². The summed E-state index contributed by atoms with van der Waals surface area (Å²) in [5, 5.41) is 13.9. The SMILES string of the molecule is CCc1cc2oc3c(c2cc1O)[C@@H](c1ccc(OC(C)C)c(OC)c1)[C@H](CO[Si](c1ccccc1)(c1ccccc1)C(C)(C)C)CC3=O. The predicted molar refractivity (Wildman–Crippen MR) is 194 cm³/mol. The highest BCUT2D eigenvalue weighted by atomic mass is 28.4. The summed E-state index contributed by atoms with van der Waals surface area (Å²) >= 11 is 0. The number of phenols is 1. The molecule has 1 aliphatic rings. The molecular formula is C41H46O6Si. The van der Waals surface area contributed by atoms with Gasteiger partial charge in [-0.3, -0.25) is 4.79 Å². The highest BCUT2D eigenvalue weighted by molar-refractivity contribution is 6.99. The molecule has 0 fully saturated rings. The molecular weight excluding hydrogens is 617 g/mol. The van der Waals surface area contributed by atoms with Gasteiger partial charge in [0.25, 0.3) is 8.32 Å². The van der Waals surface area contributed by atoms with E-state index >= 15 is 0 Å². The molecule has 2 atom stereocenters. The highest BCUT2D eigenvalue weighted by Gasteiger charge is 2.51. The van der Waals surface area contributed by atoms with Crippen LogP contribution in [0.3, 0.4) is 0 Å². The smallest absolute Gasteiger partial charge is 0.261 e. The maximum Gasteiger partial charge on any atom is 0.261 e. The first kappa shape index (κ1) is 33.6. The van der Waals surface area contributed by atoms with Gasteiger partial charge in [0.1, 0.15) is 11.3 Å². The predicted octanol–water partition coefficient (Wildman–Crippen LogP) is 8.41. The molecule has 6 rings (SSSR count). The number of benzene rings is 4. The molecule has 250 valence electrons. The van der Waals surface area contributed by atoms with E-state index in [0.29, 0.717) is 35.9 Å². The fourth-order valence-electron chi connectivity index (χ4n) is 7.49. The molecule has 1 N–H and O–H groups in total. The number of aryl methyl sites for hydroxylation is 1. The van der Waals surface area contributed by atoms with E-state index in [1.165, 1.54) is 10.4 Å². The molecule has 6 nitrogen and oxygen atoms in total. The van der Waals surface area contributed by atoms with Gasteiger partial charge in [0.05, 0.1) is 13.2 Å². The summed E-state index contributed by atoms with van der Waals surface area (Å²) in [6.07, 6.45) is 0.882. The Morgan fingerprint density at radius 3 is 2.12 bits per heavy atom. The lowest BCUT2D eigenvalue weighted by Gasteiger charge is -2.44. The van der Waals surface area contributed by atoms with Crippen molar-refractivity contribution in [1.82, 2.24) is 0 Å². The second-order valence-corrected chi connectivity index (χ2v) is 18.4. The number of Topliss-reactive ketones (excluding diaryl/α,β-unsaturated/α-hetero) is 1. The number of ketones is 1. The average Bonchev–Trinajstić information content (AvgIpc) is 3.43. The maximum atomic E-state index is 14.0. The Morgan fingerprint density at radius 1 is 0.917 bits per heavy atom. The number of ether oxygens (including phenoxy) is 2. The van der Waals surface area contributed by atoms with Gasteiger partial charge in [-0.25, -0.2) is 0 Å². The lowest BCUT2D eigenvalue weighted by molar-refractivity contribution is 0.0883. The zero-order valence-electron chi connectivity index (χ0n) is 29.0. The molecule has 0 amide bonds. The summed E-state index contributed by atoms with van der Waals surface area (Å²) in [5.41, 5.74) is 3.14. The van der Waals surface area contributed by atoms with Gasteiger partial charge in [0.2, 0.25) is 0 Å². The standard InChI is InChI=1S/C41H46O6Si/c1-8-27-22-36-32(24-33(27)42)39-38(28-19-20-35(46-26(2)3)37(23-28)44-7)29(21-34(43)40(39)47-36)25-45-48(41(4,5)6,30-15-11-9-12-16-30)31-17-13-10-14-18-31/h9-20,22-24,26,29,38,42H,8,21,25H2,1-7H3/t29-,38-/m0/s1. The van der Waals surface area contributed by atoms with Gasteiger partial charge in [-0.15, -0.1) is 0 Å². The summed E-state index contributed by atoms with van der Waals surface area (Å²) in [6, 6.07) is 30.8. The minimum atomic E-state index is -2.90. The number of furan rings is 1. The third kappa shape index (κ3) is 5.94. The number of aromatic hydroxyl groups is 1. The Hall–Kier alpha value is -4.33. The minimum absolute atomic E-state index is 0.0233. The topological polar surface area (TPSA) is 78.1 Å². The van der Waals surface area contributed by atoms with E-state index in [4.69, 9.17) is 18.3 Å². The van der Waals surface area contributed by atoms with E-state index in [9.17, 15) is 9.90 Å². The Bertz CT molecular complexity index is 1870. The zero-order chi connectivity index (χ0) is 34.2. The quantitative estimate of drug-likeness (QED) is 0.151. The molecule has 0 spiro atoms. The molecule has 48 heavy (non-hydrogen) atoms. The van der Waals surface area contributed by atoms with Gasteiger partial charge in [-0.05, 0) is 77.0 Å². The number of carbonyl (C=O) groups excluding carboxylic acids is 1. The molecule has 0 aliphatic heterocycles. The minimum Gasteiger partial charge on any atom is -0.508 e. The van der Waals surface area contributed by atoms with E-state index in [1.54, 1.807) is 13.2 Å². The Labute approximate surface area is 284 Å². The number of hydrogen-bond acceptors (Lipinski definition) is 6. The summed E-state index contributed by atoms with van der Waals surface area (Å²) in [6.45, 7) is 13.1. The van der Waals surface area contributed by atoms with Crippen LogP contribution in [0.15, 0.2) is 95.4 Å². The number of methoxy groups -OCH3 is 1. The van der Waals surface area contributed by atoms with Crippen LogP contribution in [0.1, 0.15) is 81.1 Å². The number of carbonyl (C=O) groups is 1. The van der Waals surface area contributed by atoms with Crippen molar-refractivity contribution in [2.45, 2.75) is 71.4 Å². The molecule has 5 aromatic rings. The lowest BCUT2D eigenvalue weighted by atomic mass is 9.73. The van der Waals surface area contributed by atoms with Crippen molar-refractivity contribution in [1.29, 1.82) is 0 Å². The average molecular weight is 663 g/mol. The molecule has 0 bridgehead atoms. The van der Waals surface area contributed by atoms with Gasteiger partial charge in [0.15, 0.2) is 23.0 Å². The van der Waals surface area contributed by atoms with Crippen LogP contribution < -0.4 is 19.8 Å². The molecule has 4 aromatic carbocycles. The third-order valence-corrected chi connectivity index (χ3v) is 14.6. The monoisotopic (exact) mass is 662 g/mol.